The Kier molecular flexibility index (Phi) is 3.71. The molecular formula is C11H16N2O3. The minimum atomic E-state index is -0.620. The van der Waals surface area contributed by atoms with E-state index < -0.39 is 12.0 Å². The van der Waals surface area contributed by atoms with Gasteiger partial charge in [0.25, 0.3) is 5.56 Å². The number of carbonyl (C=O) groups excluding carboxylic acids is 1. The van der Waals surface area contributed by atoms with Gasteiger partial charge in [0.15, 0.2) is 0 Å². The van der Waals surface area contributed by atoms with Gasteiger partial charge >= 0.3 is 5.97 Å². The summed E-state index contributed by atoms with van der Waals surface area (Å²) in [5, 5.41) is 2.79. The number of aromatic nitrogens is 1. The number of hydrogen-bond donors (Lipinski definition) is 1. The van der Waals surface area contributed by atoms with Gasteiger partial charge in [0.2, 0.25) is 0 Å². The predicted molar refractivity (Wildman–Crippen MR) is 61.7 cm³/mol. The number of ether oxygens (including phenoxy) is 1. The van der Waals surface area contributed by atoms with E-state index in [9.17, 15) is 9.59 Å². The zero-order valence-corrected chi connectivity index (χ0v) is 9.90. The maximum absolute atomic E-state index is 12.0. The van der Waals surface area contributed by atoms with E-state index in [0.29, 0.717) is 5.69 Å². The number of esters is 1. The van der Waals surface area contributed by atoms with E-state index in [4.69, 9.17) is 0 Å². The van der Waals surface area contributed by atoms with Gasteiger partial charge in [0.1, 0.15) is 11.7 Å². The van der Waals surface area contributed by atoms with E-state index in [-0.39, 0.29) is 5.56 Å². The van der Waals surface area contributed by atoms with Crippen molar-refractivity contribution in [3.8, 4) is 0 Å². The van der Waals surface area contributed by atoms with Gasteiger partial charge in [-0.05, 0) is 26.0 Å². The summed E-state index contributed by atoms with van der Waals surface area (Å²) in [6, 6.07) is 2.86. The van der Waals surface area contributed by atoms with E-state index in [1.807, 2.05) is 0 Å². The molecule has 5 nitrogen and oxygen atoms in total. The van der Waals surface area contributed by atoms with Crippen molar-refractivity contribution in [2.45, 2.75) is 19.9 Å². The van der Waals surface area contributed by atoms with Crippen molar-refractivity contribution in [3.63, 3.8) is 0 Å². The number of pyridine rings is 1. The Morgan fingerprint density at radius 2 is 2.12 bits per heavy atom. The van der Waals surface area contributed by atoms with Gasteiger partial charge in [0.05, 0.1) is 7.11 Å². The second-order valence-corrected chi connectivity index (χ2v) is 3.51. The summed E-state index contributed by atoms with van der Waals surface area (Å²) >= 11 is 0. The number of aryl methyl sites for hydroxylation is 1. The van der Waals surface area contributed by atoms with Crippen LogP contribution in [0.25, 0.3) is 0 Å². The first-order valence-electron chi connectivity index (χ1n) is 5.00. The summed E-state index contributed by atoms with van der Waals surface area (Å²) in [6.45, 7) is 3.42. The Hall–Kier alpha value is -1.78. The quantitative estimate of drug-likeness (QED) is 0.776. The number of anilines is 1. The smallest absolute Gasteiger partial charge is 0.328 e. The maximum Gasteiger partial charge on any atom is 0.328 e. The van der Waals surface area contributed by atoms with E-state index in [1.165, 1.54) is 11.7 Å². The Morgan fingerprint density at radius 3 is 2.62 bits per heavy atom. The highest BCUT2D eigenvalue weighted by molar-refractivity contribution is 5.73. The summed E-state index contributed by atoms with van der Waals surface area (Å²) in [4.78, 5) is 23.4. The monoisotopic (exact) mass is 224 g/mol. The van der Waals surface area contributed by atoms with Crippen LogP contribution in [-0.4, -0.2) is 24.7 Å². The fourth-order valence-corrected chi connectivity index (χ4v) is 1.59. The largest absolute Gasteiger partial charge is 0.467 e. The average Bonchev–Trinajstić information content (AvgIpc) is 2.28. The van der Waals surface area contributed by atoms with Crippen molar-refractivity contribution in [1.82, 2.24) is 4.57 Å². The molecule has 0 saturated heterocycles. The average molecular weight is 224 g/mol. The molecular weight excluding hydrogens is 208 g/mol. The lowest BCUT2D eigenvalue weighted by Gasteiger charge is -2.16. The minimum absolute atomic E-state index is 0.222. The highest BCUT2D eigenvalue weighted by Gasteiger charge is 2.19. The molecule has 1 aromatic heterocycles. The number of nitrogens with one attached hydrogen (secondary N) is 1. The maximum atomic E-state index is 12.0. The van der Waals surface area contributed by atoms with Gasteiger partial charge in [-0.15, -0.1) is 0 Å². The number of rotatable bonds is 3. The van der Waals surface area contributed by atoms with Crippen molar-refractivity contribution >= 4 is 11.7 Å². The highest BCUT2D eigenvalue weighted by atomic mass is 16.5. The zero-order valence-electron chi connectivity index (χ0n) is 9.90. The molecule has 1 N–H and O–H groups in total. The standard InChI is InChI=1S/C11H16N2O3/c1-7-5-6-9(12-3)10(14)13(7)8(2)11(15)16-4/h5-6,8,12H,1-4H3. The van der Waals surface area contributed by atoms with E-state index >= 15 is 0 Å². The molecule has 0 aromatic carbocycles. The zero-order chi connectivity index (χ0) is 12.3. The molecule has 0 bridgehead atoms. The van der Waals surface area contributed by atoms with Gasteiger partial charge in [0, 0.05) is 12.7 Å². The van der Waals surface area contributed by atoms with Crippen molar-refractivity contribution in [2.24, 2.45) is 0 Å². The Balaban J connectivity index is 3.32. The van der Waals surface area contributed by atoms with Crippen LogP contribution in [0.2, 0.25) is 0 Å². The topological polar surface area (TPSA) is 60.3 Å². The Bertz CT molecular complexity index is 451. The molecule has 0 aliphatic rings. The van der Waals surface area contributed by atoms with Crippen LogP contribution in [0.5, 0.6) is 0 Å². The molecule has 1 rings (SSSR count). The van der Waals surface area contributed by atoms with Crippen LogP contribution in [-0.2, 0) is 9.53 Å². The first-order chi connectivity index (χ1) is 7.52. The molecule has 5 heteroatoms. The van der Waals surface area contributed by atoms with E-state index in [1.54, 1.807) is 33.0 Å². The molecule has 0 radical (unpaired) electrons. The summed E-state index contributed by atoms with van der Waals surface area (Å²) < 4.78 is 6.05. The normalized spacial score (nSPS) is 12.0. The summed E-state index contributed by atoms with van der Waals surface area (Å²) in [5.41, 5.74) is 0.962. The molecule has 0 aliphatic heterocycles. The summed E-state index contributed by atoms with van der Waals surface area (Å²) in [5.74, 6) is -0.432. The van der Waals surface area contributed by atoms with Crippen LogP contribution in [0.15, 0.2) is 16.9 Å². The third-order valence-corrected chi connectivity index (χ3v) is 2.52. The van der Waals surface area contributed by atoms with Gasteiger partial charge in [-0.3, -0.25) is 9.36 Å². The lowest BCUT2D eigenvalue weighted by molar-refractivity contribution is -0.144. The fourth-order valence-electron chi connectivity index (χ4n) is 1.59. The second kappa shape index (κ2) is 4.83. The van der Waals surface area contributed by atoms with E-state index in [2.05, 4.69) is 10.1 Å². The lowest BCUT2D eigenvalue weighted by atomic mass is 10.2. The molecule has 0 aliphatic carbocycles. The summed E-state index contributed by atoms with van der Waals surface area (Å²) in [7, 11) is 2.97. The van der Waals surface area contributed by atoms with Crippen molar-refractivity contribution in [1.29, 1.82) is 0 Å². The van der Waals surface area contributed by atoms with Gasteiger partial charge in [-0.25, -0.2) is 4.79 Å². The van der Waals surface area contributed by atoms with Crippen LogP contribution in [0.1, 0.15) is 18.7 Å². The molecule has 88 valence electrons. The third kappa shape index (κ3) is 2.08. The van der Waals surface area contributed by atoms with Crippen LogP contribution in [0.4, 0.5) is 5.69 Å². The Labute approximate surface area is 94.0 Å². The molecule has 0 amide bonds. The third-order valence-electron chi connectivity index (χ3n) is 2.52. The molecule has 0 saturated carbocycles. The molecule has 1 unspecified atom stereocenters. The Morgan fingerprint density at radius 1 is 1.50 bits per heavy atom. The number of nitrogens with zero attached hydrogens (tertiary/aromatic N) is 1. The molecule has 0 fully saturated rings. The molecule has 1 aromatic rings. The molecule has 16 heavy (non-hydrogen) atoms. The highest BCUT2D eigenvalue weighted by Crippen LogP contribution is 2.10. The van der Waals surface area contributed by atoms with Crippen LogP contribution in [0, 0.1) is 6.92 Å². The lowest BCUT2D eigenvalue weighted by Crippen LogP contribution is -2.31. The predicted octanol–water partition coefficient (Wildman–Crippen LogP) is 0.932. The van der Waals surface area contributed by atoms with Crippen molar-refractivity contribution in [3.05, 3.63) is 28.2 Å². The fraction of sp³-hybridized carbons (Fsp3) is 0.455. The second-order valence-electron chi connectivity index (χ2n) is 3.51. The first kappa shape index (κ1) is 12.3. The minimum Gasteiger partial charge on any atom is -0.467 e. The number of carbonyl (C=O) groups is 1. The van der Waals surface area contributed by atoms with Crippen LogP contribution >= 0.6 is 0 Å². The summed E-state index contributed by atoms with van der Waals surface area (Å²) in [6.07, 6.45) is 0. The van der Waals surface area contributed by atoms with Crippen molar-refractivity contribution in [2.75, 3.05) is 19.5 Å². The van der Waals surface area contributed by atoms with Gasteiger partial charge in [-0.1, -0.05) is 0 Å². The van der Waals surface area contributed by atoms with Crippen LogP contribution < -0.4 is 10.9 Å². The number of methoxy groups -OCH3 is 1. The molecule has 1 heterocycles. The van der Waals surface area contributed by atoms with Crippen LogP contribution in [0.3, 0.4) is 0 Å². The SMILES string of the molecule is CNc1ccc(C)n(C(C)C(=O)OC)c1=O. The molecule has 0 spiro atoms. The van der Waals surface area contributed by atoms with Crippen molar-refractivity contribution < 1.29 is 9.53 Å². The molecule has 1 atom stereocenters. The van der Waals surface area contributed by atoms with E-state index in [0.717, 1.165) is 5.69 Å². The number of hydrogen-bond acceptors (Lipinski definition) is 4. The first-order valence-corrected chi connectivity index (χ1v) is 5.00. The van der Waals surface area contributed by atoms with Gasteiger partial charge in [-0.2, -0.15) is 0 Å². The van der Waals surface area contributed by atoms with Gasteiger partial charge < -0.3 is 10.1 Å².